The summed E-state index contributed by atoms with van der Waals surface area (Å²) in [5.41, 5.74) is 6.34. The molecule has 0 bridgehead atoms. The number of nitrogens with zero attached hydrogens (tertiary/aromatic N) is 1. The van der Waals surface area contributed by atoms with Crippen molar-refractivity contribution in [1.29, 1.82) is 0 Å². The monoisotopic (exact) mass is 257 g/mol. The Kier molecular flexibility index (Phi) is 5.11. The zero-order valence-corrected chi connectivity index (χ0v) is 12.6. The molecule has 1 rings (SSSR count). The molecule has 0 heterocycles. The SMILES string of the molecule is C=C(C)N(C=CC)Cc1c(C)cc(C)c(C=O)c1C. The highest BCUT2D eigenvalue weighted by molar-refractivity contribution is 5.80. The van der Waals surface area contributed by atoms with E-state index in [9.17, 15) is 4.79 Å². The summed E-state index contributed by atoms with van der Waals surface area (Å²) in [6.07, 6.45) is 4.96. The van der Waals surface area contributed by atoms with E-state index in [2.05, 4.69) is 24.5 Å². The molecule has 0 radical (unpaired) electrons. The molecule has 0 saturated carbocycles. The molecular weight excluding hydrogens is 234 g/mol. The van der Waals surface area contributed by atoms with E-state index in [1.165, 1.54) is 11.1 Å². The number of rotatable bonds is 5. The van der Waals surface area contributed by atoms with E-state index in [-0.39, 0.29) is 0 Å². The largest absolute Gasteiger partial charge is 0.348 e. The van der Waals surface area contributed by atoms with Gasteiger partial charge in [0.25, 0.3) is 0 Å². The second kappa shape index (κ2) is 6.37. The molecular formula is C17H23NO. The highest BCUT2D eigenvalue weighted by atomic mass is 16.1. The predicted octanol–water partition coefficient (Wildman–Crippen LogP) is 4.29. The quantitative estimate of drug-likeness (QED) is 0.733. The number of hydrogen-bond donors (Lipinski definition) is 0. The van der Waals surface area contributed by atoms with Crippen molar-refractivity contribution >= 4 is 6.29 Å². The molecule has 0 fully saturated rings. The molecule has 0 unspecified atom stereocenters. The first-order valence-electron chi connectivity index (χ1n) is 6.52. The van der Waals surface area contributed by atoms with Gasteiger partial charge in [-0.1, -0.05) is 18.7 Å². The molecule has 1 aromatic carbocycles. The fourth-order valence-corrected chi connectivity index (χ4v) is 2.33. The number of carbonyl (C=O) groups excluding carboxylic acids is 1. The summed E-state index contributed by atoms with van der Waals surface area (Å²) in [5.74, 6) is 0. The second-order valence-electron chi connectivity index (χ2n) is 4.99. The van der Waals surface area contributed by atoms with Crippen LogP contribution in [0.3, 0.4) is 0 Å². The lowest BCUT2D eigenvalue weighted by Crippen LogP contribution is -2.16. The summed E-state index contributed by atoms with van der Waals surface area (Å²) in [6.45, 7) is 14.8. The van der Waals surface area contributed by atoms with E-state index < -0.39 is 0 Å². The van der Waals surface area contributed by atoms with E-state index >= 15 is 0 Å². The number of carbonyl (C=O) groups is 1. The molecule has 0 amide bonds. The molecule has 0 saturated heterocycles. The molecule has 0 atom stereocenters. The average molecular weight is 257 g/mol. The number of benzene rings is 1. The fourth-order valence-electron chi connectivity index (χ4n) is 2.33. The van der Waals surface area contributed by atoms with Crippen LogP contribution < -0.4 is 0 Å². The van der Waals surface area contributed by atoms with E-state index in [1.807, 2.05) is 40.0 Å². The van der Waals surface area contributed by atoms with Crippen molar-refractivity contribution in [1.82, 2.24) is 4.90 Å². The normalized spacial score (nSPS) is 10.8. The molecule has 0 N–H and O–H groups in total. The maximum absolute atomic E-state index is 11.2. The van der Waals surface area contributed by atoms with Gasteiger partial charge in [-0.05, 0) is 63.1 Å². The minimum atomic E-state index is 0.748. The standard InChI is InChI=1S/C17H23NO/c1-7-8-18(12(2)3)10-16-13(4)9-14(5)17(11-19)15(16)6/h7-9,11H,2,10H2,1,3-6H3. The van der Waals surface area contributed by atoms with Gasteiger partial charge in [0.1, 0.15) is 0 Å². The third kappa shape index (κ3) is 3.34. The Hall–Kier alpha value is -1.83. The van der Waals surface area contributed by atoms with Gasteiger partial charge in [0.2, 0.25) is 0 Å². The van der Waals surface area contributed by atoms with Gasteiger partial charge in [0.05, 0.1) is 0 Å². The third-order valence-electron chi connectivity index (χ3n) is 3.46. The minimum absolute atomic E-state index is 0.748. The van der Waals surface area contributed by atoms with Gasteiger partial charge in [0.15, 0.2) is 6.29 Å². The molecule has 102 valence electrons. The van der Waals surface area contributed by atoms with Gasteiger partial charge in [-0.2, -0.15) is 0 Å². The number of allylic oxidation sites excluding steroid dienone is 2. The summed E-state index contributed by atoms with van der Waals surface area (Å²) in [7, 11) is 0. The molecule has 2 nitrogen and oxygen atoms in total. The van der Waals surface area contributed by atoms with Gasteiger partial charge in [-0.25, -0.2) is 0 Å². The Labute approximate surface area is 116 Å². The molecule has 2 heteroatoms. The summed E-state index contributed by atoms with van der Waals surface area (Å²) in [6, 6.07) is 2.08. The number of aldehydes is 1. The van der Waals surface area contributed by atoms with Gasteiger partial charge in [-0.3, -0.25) is 4.79 Å². The van der Waals surface area contributed by atoms with E-state index in [0.29, 0.717) is 0 Å². The van der Waals surface area contributed by atoms with Crippen LogP contribution in [0.4, 0.5) is 0 Å². The van der Waals surface area contributed by atoms with Crippen molar-refractivity contribution in [2.75, 3.05) is 0 Å². The Morgan fingerprint density at radius 2 is 1.95 bits per heavy atom. The molecule has 0 aliphatic heterocycles. The van der Waals surface area contributed by atoms with Gasteiger partial charge in [0, 0.05) is 17.8 Å². The summed E-state index contributed by atoms with van der Waals surface area (Å²) in [5, 5.41) is 0. The first-order valence-corrected chi connectivity index (χ1v) is 6.52. The zero-order valence-electron chi connectivity index (χ0n) is 12.6. The third-order valence-corrected chi connectivity index (χ3v) is 3.46. The molecule has 0 aromatic heterocycles. The summed E-state index contributed by atoms with van der Waals surface area (Å²) >= 11 is 0. The number of hydrogen-bond acceptors (Lipinski definition) is 2. The van der Waals surface area contributed by atoms with Crippen LogP contribution >= 0.6 is 0 Å². The van der Waals surface area contributed by atoms with Crippen molar-refractivity contribution in [2.24, 2.45) is 0 Å². The van der Waals surface area contributed by atoms with E-state index in [0.717, 1.165) is 35.2 Å². The molecule has 0 spiro atoms. The van der Waals surface area contributed by atoms with Crippen LogP contribution in [0.15, 0.2) is 30.6 Å². The Bertz CT molecular complexity index is 527. The van der Waals surface area contributed by atoms with Crippen LogP contribution in [0.5, 0.6) is 0 Å². The van der Waals surface area contributed by atoms with Crippen molar-refractivity contribution < 1.29 is 4.79 Å². The van der Waals surface area contributed by atoms with Crippen LogP contribution in [0.1, 0.15) is 46.5 Å². The molecule has 19 heavy (non-hydrogen) atoms. The maximum atomic E-state index is 11.2. The van der Waals surface area contributed by atoms with Gasteiger partial charge in [-0.15, -0.1) is 0 Å². The number of aryl methyl sites for hydroxylation is 2. The minimum Gasteiger partial charge on any atom is -0.348 e. The highest BCUT2D eigenvalue weighted by Crippen LogP contribution is 2.23. The van der Waals surface area contributed by atoms with Crippen molar-refractivity contribution in [3.8, 4) is 0 Å². The molecule has 0 aliphatic rings. The Morgan fingerprint density at radius 1 is 1.32 bits per heavy atom. The van der Waals surface area contributed by atoms with Gasteiger partial charge >= 0.3 is 0 Å². The predicted molar refractivity (Wildman–Crippen MR) is 81.2 cm³/mol. The van der Waals surface area contributed by atoms with Gasteiger partial charge < -0.3 is 4.90 Å². The lowest BCUT2D eigenvalue weighted by atomic mass is 9.93. The van der Waals surface area contributed by atoms with Crippen LogP contribution in [0.25, 0.3) is 0 Å². The zero-order chi connectivity index (χ0) is 14.6. The first kappa shape index (κ1) is 15.2. The smallest absolute Gasteiger partial charge is 0.150 e. The Balaban J connectivity index is 3.27. The molecule has 0 aliphatic carbocycles. The first-order chi connectivity index (χ1) is 8.92. The topological polar surface area (TPSA) is 20.3 Å². The van der Waals surface area contributed by atoms with E-state index in [1.54, 1.807) is 0 Å². The summed E-state index contributed by atoms with van der Waals surface area (Å²) in [4.78, 5) is 13.3. The lowest BCUT2D eigenvalue weighted by molar-refractivity contribution is 0.112. The maximum Gasteiger partial charge on any atom is 0.150 e. The van der Waals surface area contributed by atoms with Crippen LogP contribution in [-0.4, -0.2) is 11.2 Å². The second-order valence-corrected chi connectivity index (χ2v) is 4.99. The summed E-state index contributed by atoms with van der Waals surface area (Å²) < 4.78 is 0. The van der Waals surface area contributed by atoms with Crippen molar-refractivity contribution in [3.05, 3.63) is 58.4 Å². The van der Waals surface area contributed by atoms with E-state index in [4.69, 9.17) is 0 Å². The molecule has 1 aromatic rings. The highest BCUT2D eigenvalue weighted by Gasteiger charge is 2.12. The van der Waals surface area contributed by atoms with Crippen LogP contribution in [0.2, 0.25) is 0 Å². The fraction of sp³-hybridized carbons (Fsp3) is 0.353. The average Bonchev–Trinajstić information content (AvgIpc) is 2.33. The van der Waals surface area contributed by atoms with Crippen LogP contribution in [-0.2, 0) is 6.54 Å². The Morgan fingerprint density at radius 3 is 2.42 bits per heavy atom. The van der Waals surface area contributed by atoms with Crippen molar-refractivity contribution in [3.63, 3.8) is 0 Å². The van der Waals surface area contributed by atoms with Crippen molar-refractivity contribution in [2.45, 2.75) is 41.2 Å². The lowest BCUT2D eigenvalue weighted by Gasteiger charge is -2.24. The van der Waals surface area contributed by atoms with Crippen LogP contribution in [0, 0.1) is 20.8 Å².